The first kappa shape index (κ1) is 24.7. The van der Waals surface area contributed by atoms with Crippen LogP contribution in [0, 0.1) is 5.92 Å². The second-order valence-electron chi connectivity index (χ2n) is 8.18. The smallest absolute Gasteiger partial charge is 0.383 e. The first-order valence-electron chi connectivity index (χ1n) is 10.9. The van der Waals surface area contributed by atoms with Crippen LogP contribution >= 0.6 is 0 Å². The van der Waals surface area contributed by atoms with E-state index in [1.54, 1.807) is 4.90 Å². The second-order valence-corrected chi connectivity index (χ2v) is 8.18. The predicted octanol–water partition coefficient (Wildman–Crippen LogP) is 2.02. The van der Waals surface area contributed by atoms with Gasteiger partial charge in [-0.05, 0) is 25.0 Å². The Balaban J connectivity index is 1.58. The molecule has 1 aliphatic carbocycles. The Hall–Kier alpha value is -2.95. The summed E-state index contributed by atoms with van der Waals surface area (Å²) in [6, 6.07) is 5.08. The number of carbonyl (C=O) groups is 3. The van der Waals surface area contributed by atoms with Gasteiger partial charge < -0.3 is 20.7 Å². The van der Waals surface area contributed by atoms with E-state index in [9.17, 15) is 27.6 Å². The average molecular weight is 468 g/mol. The minimum absolute atomic E-state index is 0.0268. The third-order valence-corrected chi connectivity index (χ3v) is 5.87. The van der Waals surface area contributed by atoms with E-state index in [0.717, 1.165) is 32.1 Å². The Kier molecular flexibility index (Phi) is 8.06. The maximum atomic E-state index is 13.0. The Bertz CT molecular complexity index is 896. The zero-order chi connectivity index (χ0) is 24.0. The van der Waals surface area contributed by atoms with Crippen LogP contribution in [0.5, 0.6) is 0 Å². The molecule has 1 aromatic carbocycles. The van der Waals surface area contributed by atoms with Crippen molar-refractivity contribution in [2.24, 2.45) is 16.6 Å². The van der Waals surface area contributed by atoms with E-state index in [-0.39, 0.29) is 35.5 Å². The molecule has 0 unspecified atom stereocenters. The highest BCUT2D eigenvalue weighted by molar-refractivity contribution is 6.05. The maximum absolute atomic E-state index is 13.0. The zero-order valence-corrected chi connectivity index (χ0v) is 18.1. The van der Waals surface area contributed by atoms with Crippen molar-refractivity contribution < 1.29 is 32.3 Å². The Morgan fingerprint density at radius 3 is 2.36 bits per heavy atom. The molecule has 2 fully saturated rings. The molecule has 8 nitrogen and oxygen atoms in total. The normalized spacial score (nSPS) is 20.4. The predicted molar refractivity (Wildman–Crippen MR) is 113 cm³/mol. The number of benzene rings is 1. The number of rotatable bonds is 5. The van der Waals surface area contributed by atoms with Crippen LogP contribution < -0.4 is 11.1 Å². The number of hydrogen-bond donors (Lipinski definition) is 2. The van der Waals surface area contributed by atoms with Gasteiger partial charge in [0.05, 0.1) is 19.3 Å². The van der Waals surface area contributed by atoms with Crippen molar-refractivity contribution in [1.29, 1.82) is 0 Å². The van der Waals surface area contributed by atoms with E-state index in [1.165, 1.54) is 24.3 Å². The molecule has 11 heteroatoms. The molecule has 3 rings (SSSR count). The largest absolute Gasteiger partial charge is 0.473 e. The molecule has 3 amide bonds. The summed E-state index contributed by atoms with van der Waals surface area (Å²) in [5.74, 6) is -3.17. The summed E-state index contributed by atoms with van der Waals surface area (Å²) in [6.45, 7) is 1.49. The summed E-state index contributed by atoms with van der Waals surface area (Å²) in [5, 5.41) is 2.78. The lowest BCUT2D eigenvalue weighted by molar-refractivity contribution is -0.169. The Morgan fingerprint density at radius 2 is 1.73 bits per heavy atom. The van der Waals surface area contributed by atoms with E-state index in [0.29, 0.717) is 19.8 Å². The molecule has 0 bridgehead atoms. The number of ether oxygens (including phenoxy) is 1. The van der Waals surface area contributed by atoms with Gasteiger partial charge in [-0.15, -0.1) is 0 Å². The minimum atomic E-state index is -5.11. The number of nitrogens with zero attached hydrogens (tertiary/aromatic N) is 2. The van der Waals surface area contributed by atoms with Crippen LogP contribution in [0.1, 0.15) is 48.0 Å². The monoisotopic (exact) mass is 468 g/mol. The van der Waals surface area contributed by atoms with Gasteiger partial charge in [-0.3, -0.25) is 14.4 Å². The summed E-state index contributed by atoms with van der Waals surface area (Å²) in [5.41, 5.74) is 5.78. The standard InChI is InChI=1S/C22H27F3N4O4/c23-22(24,25)21(32)28-18(26)14-6-8-15(9-7-14)19(30)27-12-17-13-33-11-10-29(17)20(31)16-4-2-1-3-5-16/h6-9,16-17H,1-5,10-13H2,(H,27,30)(H2,26,28,32)/t17-/m0/s1. The number of nitrogens with one attached hydrogen (secondary N) is 1. The quantitative estimate of drug-likeness (QED) is 0.507. The van der Waals surface area contributed by atoms with Crippen LogP contribution in [0.4, 0.5) is 13.2 Å². The Labute approximate surface area is 189 Å². The van der Waals surface area contributed by atoms with Gasteiger partial charge in [0, 0.05) is 30.1 Å². The van der Waals surface area contributed by atoms with Gasteiger partial charge in [0.15, 0.2) is 0 Å². The first-order valence-corrected chi connectivity index (χ1v) is 10.9. The maximum Gasteiger partial charge on any atom is 0.473 e. The zero-order valence-electron chi connectivity index (χ0n) is 18.1. The Morgan fingerprint density at radius 1 is 1.09 bits per heavy atom. The van der Waals surface area contributed by atoms with Crippen LogP contribution in [0.2, 0.25) is 0 Å². The van der Waals surface area contributed by atoms with Crippen LogP contribution in [0.3, 0.4) is 0 Å². The van der Waals surface area contributed by atoms with E-state index >= 15 is 0 Å². The first-order chi connectivity index (χ1) is 15.7. The van der Waals surface area contributed by atoms with Gasteiger partial charge in [-0.2, -0.15) is 18.2 Å². The number of halogens is 3. The topological polar surface area (TPSA) is 114 Å². The molecule has 3 N–H and O–H groups in total. The number of aliphatic imine (C=N–C) groups is 1. The molecule has 1 saturated carbocycles. The van der Waals surface area contributed by atoms with Crippen LogP contribution in [-0.4, -0.2) is 67.0 Å². The fraction of sp³-hybridized carbons (Fsp3) is 0.545. The van der Waals surface area contributed by atoms with Crippen molar-refractivity contribution in [3.8, 4) is 0 Å². The number of hydrogen-bond acceptors (Lipinski definition) is 4. The summed E-state index contributed by atoms with van der Waals surface area (Å²) in [7, 11) is 0. The minimum Gasteiger partial charge on any atom is -0.383 e. The lowest BCUT2D eigenvalue weighted by Crippen LogP contribution is -2.55. The van der Waals surface area contributed by atoms with Gasteiger partial charge >= 0.3 is 12.1 Å². The lowest BCUT2D eigenvalue weighted by atomic mass is 9.88. The van der Waals surface area contributed by atoms with Crippen molar-refractivity contribution in [3.63, 3.8) is 0 Å². The highest BCUT2D eigenvalue weighted by Crippen LogP contribution is 2.26. The van der Waals surface area contributed by atoms with Gasteiger partial charge in [-0.25, -0.2) is 0 Å². The fourth-order valence-corrected chi connectivity index (χ4v) is 4.04. The van der Waals surface area contributed by atoms with E-state index < -0.39 is 23.8 Å². The molecular formula is C22H27F3N4O4. The van der Waals surface area contributed by atoms with Crippen LogP contribution in [-0.2, 0) is 14.3 Å². The van der Waals surface area contributed by atoms with E-state index in [1.807, 2.05) is 0 Å². The number of nitrogens with two attached hydrogens (primary N) is 1. The number of alkyl halides is 3. The van der Waals surface area contributed by atoms with Gasteiger partial charge in [-0.1, -0.05) is 31.4 Å². The number of carbonyl (C=O) groups excluding carboxylic acids is 3. The highest BCUT2D eigenvalue weighted by atomic mass is 19.4. The number of morpholine rings is 1. The molecule has 0 aromatic heterocycles. The second kappa shape index (κ2) is 10.8. The van der Waals surface area contributed by atoms with Crippen molar-refractivity contribution in [2.45, 2.75) is 44.3 Å². The summed E-state index contributed by atoms with van der Waals surface area (Å²) in [6.07, 6.45) is -0.0679. The van der Waals surface area contributed by atoms with Crippen molar-refractivity contribution in [1.82, 2.24) is 10.2 Å². The van der Waals surface area contributed by atoms with Crippen LogP contribution in [0.25, 0.3) is 0 Å². The van der Waals surface area contributed by atoms with Crippen molar-refractivity contribution >= 4 is 23.6 Å². The highest BCUT2D eigenvalue weighted by Gasteiger charge is 2.39. The molecule has 1 atom stereocenters. The lowest BCUT2D eigenvalue weighted by Gasteiger charge is -2.38. The average Bonchev–Trinajstić information content (AvgIpc) is 2.82. The third-order valence-electron chi connectivity index (χ3n) is 5.87. The molecule has 1 saturated heterocycles. The molecule has 2 aliphatic rings. The SMILES string of the molecule is NC(=NC(=O)C(F)(F)F)c1ccc(C(=O)NC[C@H]2COCCN2C(=O)C2CCCCC2)cc1. The van der Waals surface area contributed by atoms with Gasteiger partial charge in [0.1, 0.15) is 5.84 Å². The molecule has 1 aliphatic heterocycles. The summed E-state index contributed by atoms with van der Waals surface area (Å²) >= 11 is 0. The summed E-state index contributed by atoms with van der Waals surface area (Å²) in [4.78, 5) is 41.1. The van der Waals surface area contributed by atoms with Crippen molar-refractivity contribution in [3.05, 3.63) is 35.4 Å². The van der Waals surface area contributed by atoms with E-state index in [2.05, 4.69) is 10.3 Å². The molecule has 0 radical (unpaired) electrons. The molecule has 1 aromatic rings. The third kappa shape index (κ3) is 6.53. The van der Waals surface area contributed by atoms with Gasteiger partial charge in [0.2, 0.25) is 5.91 Å². The number of amides is 3. The van der Waals surface area contributed by atoms with E-state index in [4.69, 9.17) is 10.5 Å². The molecule has 1 heterocycles. The molecule has 180 valence electrons. The molecular weight excluding hydrogens is 441 g/mol. The summed E-state index contributed by atoms with van der Waals surface area (Å²) < 4.78 is 42.5. The van der Waals surface area contributed by atoms with Crippen molar-refractivity contribution in [2.75, 3.05) is 26.3 Å². The van der Waals surface area contributed by atoms with Gasteiger partial charge in [0.25, 0.3) is 5.91 Å². The molecule has 0 spiro atoms. The number of amidine groups is 1. The van der Waals surface area contributed by atoms with Crippen LogP contribution in [0.15, 0.2) is 29.3 Å². The molecule has 33 heavy (non-hydrogen) atoms. The fourth-order valence-electron chi connectivity index (χ4n) is 4.04.